The van der Waals surface area contributed by atoms with Gasteiger partial charge >= 0.3 is 5.97 Å². The second kappa shape index (κ2) is 17.9. The SMILES string of the molecule is CC[C@H]1OC(=O)[C@H](C)C([C@H]2C[C@@](C)(OC)[C@@H](O)[C@H](C)O2)[C@H](C)[C@@H](OC[C@@H]2O[C@H](C)C[C@H](N(C)C3CCC3)[C@H]2O)[C@](C)(O)C[C@@H](C)[C@H](O)[C@H](C)[C@@H](O)[C@]1(C)O. The van der Waals surface area contributed by atoms with Crippen LogP contribution < -0.4 is 0 Å². The number of aliphatic hydroxyl groups excluding tert-OH is 4. The van der Waals surface area contributed by atoms with Gasteiger partial charge in [0.1, 0.15) is 23.9 Å². The highest BCUT2D eigenvalue weighted by atomic mass is 16.6. The predicted molar refractivity (Wildman–Crippen MR) is 202 cm³/mol. The number of hydrogen-bond acceptors (Lipinski definition) is 13. The Hall–Kier alpha value is -0.970. The van der Waals surface area contributed by atoms with Crippen molar-refractivity contribution in [2.45, 2.75) is 204 Å². The highest BCUT2D eigenvalue weighted by Gasteiger charge is 2.55. The van der Waals surface area contributed by atoms with Crippen LogP contribution in [0, 0.1) is 29.6 Å². The summed E-state index contributed by atoms with van der Waals surface area (Å²) in [5.74, 6) is -4.23. The van der Waals surface area contributed by atoms with E-state index in [9.17, 15) is 35.4 Å². The molecule has 0 aromatic rings. The van der Waals surface area contributed by atoms with Crippen molar-refractivity contribution in [3.8, 4) is 0 Å². The summed E-state index contributed by atoms with van der Waals surface area (Å²) in [6.45, 7) is 17.4. The Morgan fingerprint density at radius 1 is 0.889 bits per heavy atom. The van der Waals surface area contributed by atoms with Gasteiger partial charge in [0.2, 0.25) is 0 Å². The maximum absolute atomic E-state index is 14.3. The van der Waals surface area contributed by atoms with E-state index in [-0.39, 0.29) is 38.0 Å². The Kier molecular flexibility index (Phi) is 15.1. The lowest BCUT2D eigenvalue weighted by Gasteiger charge is -2.51. The Labute approximate surface area is 324 Å². The van der Waals surface area contributed by atoms with Crippen molar-refractivity contribution < 1.29 is 59.1 Å². The number of rotatable bonds is 8. The van der Waals surface area contributed by atoms with E-state index in [0.717, 1.165) is 12.8 Å². The number of carbonyl (C=O) groups excluding carboxylic acids is 1. The fraction of sp³-hybridized carbons (Fsp3) is 0.976. The number of hydrogen-bond donors (Lipinski definition) is 6. The lowest BCUT2D eigenvalue weighted by molar-refractivity contribution is -0.246. The fourth-order valence-electron chi connectivity index (χ4n) is 10.4. The zero-order valence-electron chi connectivity index (χ0n) is 35.1. The first-order chi connectivity index (χ1) is 25.0. The number of esters is 1. The van der Waals surface area contributed by atoms with E-state index in [1.807, 2.05) is 13.8 Å². The second-order valence-corrected chi connectivity index (χ2v) is 18.4. The van der Waals surface area contributed by atoms with Crippen molar-refractivity contribution in [2.75, 3.05) is 20.8 Å². The van der Waals surface area contributed by atoms with Gasteiger partial charge in [-0.05, 0) is 85.6 Å². The summed E-state index contributed by atoms with van der Waals surface area (Å²) in [5, 5.41) is 70.2. The van der Waals surface area contributed by atoms with Crippen LogP contribution in [0.15, 0.2) is 0 Å². The van der Waals surface area contributed by atoms with Gasteiger partial charge in [0.05, 0.1) is 66.5 Å². The molecule has 4 aliphatic rings. The molecule has 4 rings (SSSR count). The number of methoxy groups -OCH3 is 1. The molecule has 1 unspecified atom stereocenters. The Bertz CT molecular complexity index is 1220. The molecule has 0 spiro atoms. The normalized spacial score (nSPS) is 50.6. The number of ether oxygens (including phenoxy) is 5. The molecule has 0 bridgehead atoms. The zero-order valence-corrected chi connectivity index (χ0v) is 35.1. The van der Waals surface area contributed by atoms with Crippen LogP contribution in [0.1, 0.15) is 114 Å². The molecule has 0 aromatic carbocycles. The highest BCUT2D eigenvalue weighted by molar-refractivity contribution is 5.73. The summed E-state index contributed by atoms with van der Waals surface area (Å²) in [4.78, 5) is 16.6. The number of nitrogens with zero attached hydrogens (tertiary/aromatic N) is 1. The van der Waals surface area contributed by atoms with E-state index in [1.165, 1.54) is 20.5 Å². The lowest BCUT2D eigenvalue weighted by Crippen LogP contribution is -2.61. The molecule has 13 nitrogen and oxygen atoms in total. The molecule has 1 saturated carbocycles. The highest BCUT2D eigenvalue weighted by Crippen LogP contribution is 2.45. The minimum absolute atomic E-state index is 0.0408. The standard InChI is InChI=1S/C41H75NO12/c1-13-31-41(10,49)35(45)25(6)33(43)21(2)18-39(8,48)37(51-20-30-34(44)28(17-22(3)52-30)42(11)27-15-14-16-27)23(4)32(24(5)38(47)54-31)29-19-40(9,50-12)36(46)26(7)53-29/h21-37,43-46,48-49H,13-20H2,1-12H3/t21-,22-,23+,24-,25+,26+,28+,29-,30+,31-,32?,33+,34-,35-,36+,37-,39-,40-,41-/m1/s1. The topological polar surface area (TPSA) is 188 Å². The van der Waals surface area contributed by atoms with Gasteiger partial charge < -0.3 is 54.3 Å². The molecule has 0 amide bonds. The minimum atomic E-state index is -1.90. The third-order valence-corrected chi connectivity index (χ3v) is 14.2. The maximum Gasteiger partial charge on any atom is 0.309 e. The van der Waals surface area contributed by atoms with Gasteiger partial charge in [-0.15, -0.1) is 0 Å². The molecule has 54 heavy (non-hydrogen) atoms. The third-order valence-electron chi connectivity index (χ3n) is 14.2. The maximum atomic E-state index is 14.3. The molecule has 4 fully saturated rings. The van der Waals surface area contributed by atoms with Crippen LogP contribution in [0.4, 0.5) is 0 Å². The fourth-order valence-corrected chi connectivity index (χ4v) is 10.4. The quantitative estimate of drug-likeness (QED) is 0.198. The summed E-state index contributed by atoms with van der Waals surface area (Å²) >= 11 is 0. The van der Waals surface area contributed by atoms with Crippen LogP contribution in [0.3, 0.4) is 0 Å². The molecule has 0 aromatic heterocycles. The van der Waals surface area contributed by atoms with E-state index in [2.05, 4.69) is 11.9 Å². The molecule has 316 valence electrons. The average molecular weight is 774 g/mol. The summed E-state index contributed by atoms with van der Waals surface area (Å²) in [7, 11) is 3.59. The average Bonchev–Trinajstić information content (AvgIpc) is 3.07. The van der Waals surface area contributed by atoms with Crippen molar-refractivity contribution in [3.05, 3.63) is 0 Å². The van der Waals surface area contributed by atoms with Crippen molar-refractivity contribution >= 4 is 5.97 Å². The molecule has 3 saturated heterocycles. The van der Waals surface area contributed by atoms with Gasteiger partial charge in [-0.25, -0.2) is 0 Å². The molecule has 13 heteroatoms. The van der Waals surface area contributed by atoms with Crippen LogP contribution in [0.2, 0.25) is 0 Å². The monoisotopic (exact) mass is 774 g/mol. The van der Waals surface area contributed by atoms with Gasteiger partial charge in [-0.2, -0.15) is 0 Å². The molecule has 3 aliphatic heterocycles. The summed E-state index contributed by atoms with van der Waals surface area (Å²) in [6, 6.07) is 0.289. The number of aliphatic hydroxyl groups is 6. The van der Waals surface area contributed by atoms with E-state index in [1.54, 1.807) is 48.5 Å². The summed E-state index contributed by atoms with van der Waals surface area (Å²) in [5.41, 5.74) is -4.54. The summed E-state index contributed by atoms with van der Waals surface area (Å²) < 4.78 is 31.5. The molecule has 1 aliphatic carbocycles. The van der Waals surface area contributed by atoms with Gasteiger partial charge in [0.25, 0.3) is 0 Å². The van der Waals surface area contributed by atoms with E-state index in [0.29, 0.717) is 12.5 Å². The van der Waals surface area contributed by atoms with Gasteiger partial charge in [-0.3, -0.25) is 9.69 Å². The lowest BCUT2D eigenvalue weighted by atomic mass is 9.67. The molecular formula is C41H75NO12. The van der Waals surface area contributed by atoms with Crippen molar-refractivity contribution in [1.82, 2.24) is 4.90 Å². The summed E-state index contributed by atoms with van der Waals surface area (Å²) in [6.07, 6.45) is -4.16. The smallest absolute Gasteiger partial charge is 0.309 e. The Morgan fingerprint density at radius 3 is 2.07 bits per heavy atom. The molecular weight excluding hydrogens is 698 g/mol. The first-order valence-corrected chi connectivity index (χ1v) is 20.6. The predicted octanol–water partition coefficient (Wildman–Crippen LogP) is 2.82. The van der Waals surface area contributed by atoms with Crippen LogP contribution in [-0.4, -0.2) is 152 Å². The first-order valence-electron chi connectivity index (χ1n) is 20.6. The van der Waals surface area contributed by atoms with Crippen LogP contribution in [-0.2, 0) is 28.5 Å². The van der Waals surface area contributed by atoms with Gasteiger partial charge in [0.15, 0.2) is 0 Å². The first kappa shape index (κ1) is 45.7. The zero-order chi connectivity index (χ0) is 40.7. The molecule has 0 radical (unpaired) electrons. The van der Waals surface area contributed by atoms with E-state index < -0.39 is 107 Å². The van der Waals surface area contributed by atoms with Crippen LogP contribution >= 0.6 is 0 Å². The Morgan fingerprint density at radius 2 is 1.52 bits per heavy atom. The van der Waals surface area contributed by atoms with E-state index in [4.69, 9.17) is 23.7 Å². The van der Waals surface area contributed by atoms with Gasteiger partial charge in [0, 0.05) is 37.5 Å². The third kappa shape index (κ3) is 9.33. The molecule has 6 N–H and O–H groups in total. The largest absolute Gasteiger partial charge is 0.459 e. The molecule has 19 atom stereocenters. The second-order valence-electron chi connectivity index (χ2n) is 18.4. The van der Waals surface area contributed by atoms with Gasteiger partial charge in [-0.1, -0.05) is 41.0 Å². The Balaban J connectivity index is 1.78. The molecule has 3 heterocycles. The van der Waals surface area contributed by atoms with Crippen LogP contribution in [0.5, 0.6) is 0 Å². The number of cyclic esters (lactones) is 1. The van der Waals surface area contributed by atoms with Crippen molar-refractivity contribution in [2.24, 2.45) is 29.6 Å². The van der Waals surface area contributed by atoms with Crippen molar-refractivity contribution in [1.29, 1.82) is 0 Å². The van der Waals surface area contributed by atoms with Crippen LogP contribution in [0.25, 0.3) is 0 Å². The van der Waals surface area contributed by atoms with Crippen molar-refractivity contribution in [3.63, 3.8) is 0 Å². The number of carbonyl (C=O) groups is 1. The van der Waals surface area contributed by atoms with E-state index >= 15 is 0 Å². The minimum Gasteiger partial charge on any atom is -0.459 e. The number of likely N-dealkylation sites (N-methyl/N-ethyl adjacent to an activating group) is 1.